The molecule has 0 nitrogen and oxygen atoms in total. The third-order valence-electron chi connectivity index (χ3n) is 3.34. The maximum absolute atomic E-state index is 2.45. The van der Waals surface area contributed by atoms with Crippen molar-refractivity contribution in [3.63, 3.8) is 0 Å². The molecule has 0 fully saturated rings. The van der Waals surface area contributed by atoms with Gasteiger partial charge in [-0.05, 0) is 30.1 Å². The van der Waals surface area contributed by atoms with E-state index < -0.39 is 0 Å². The van der Waals surface area contributed by atoms with Gasteiger partial charge in [0.15, 0.2) is 0 Å². The van der Waals surface area contributed by atoms with E-state index in [9.17, 15) is 0 Å². The van der Waals surface area contributed by atoms with Gasteiger partial charge in [0.05, 0.1) is 0 Å². The third kappa shape index (κ3) is 5.67. The minimum Gasteiger partial charge on any atom is -0.0654 e. The van der Waals surface area contributed by atoms with Crippen LogP contribution in [0.3, 0.4) is 0 Å². The van der Waals surface area contributed by atoms with Gasteiger partial charge in [-0.1, -0.05) is 60.8 Å². The molecule has 0 heterocycles. The summed E-state index contributed by atoms with van der Waals surface area (Å²) in [5, 5.41) is 0. The molecule has 0 bridgehead atoms. The van der Waals surface area contributed by atoms with Crippen LogP contribution in [0.2, 0.25) is 0 Å². The lowest BCUT2D eigenvalue weighted by Gasteiger charge is -2.29. The Kier molecular flexibility index (Phi) is 7.31. The van der Waals surface area contributed by atoms with E-state index in [1.165, 1.54) is 25.7 Å². The van der Waals surface area contributed by atoms with Crippen LogP contribution in [-0.4, -0.2) is 0 Å². The zero-order valence-corrected chi connectivity index (χ0v) is 11.1. The highest BCUT2D eigenvalue weighted by Gasteiger charge is 2.21. The van der Waals surface area contributed by atoms with Crippen LogP contribution < -0.4 is 0 Å². The lowest BCUT2D eigenvalue weighted by molar-refractivity contribution is 0.214. The van der Waals surface area contributed by atoms with Crippen LogP contribution in [0.15, 0.2) is 0 Å². The minimum atomic E-state index is 0.851. The van der Waals surface area contributed by atoms with Gasteiger partial charge in [-0.2, -0.15) is 0 Å². The van der Waals surface area contributed by atoms with Gasteiger partial charge in [0.2, 0.25) is 0 Å². The summed E-state index contributed by atoms with van der Waals surface area (Å²) < 4.78 is 0. The summed E-state index contributed by atoms with van der Waals surface area (Å²) in [7, 11) is 0. The molecule has 0 rings (SSSR count). The monoisotopic (exact) mass is 198 g/mol. The molecule has 2 atom stereocenters. The van der Waals surface area contributed by atoms with Gasteiger partial charge in [-0.3, -0.25) is 0 Å². The Hall–Kier alpha value is 0. The van der Waals surface area contributed by atoms with Gasteiger partial charge in [0, 0.05) is 0 Å². The number of hydrogen-bond acceptors (Lipinski definition) is 0. The van der Waals surface area contributed by atoms with Gasteiger partial charge in [-0.15, -0.1) is 0 Å². The first-order valence-corrected chi connectivity index (χ1v) is 6.49. The third-order valence-corrected chi connectivity index (χ3v) is 3.34. The average Bonchev–Trinajstić information content (AvgIpc) is 2.09. The van der Waals surface area contributed by atoms with Crippen molar-refractivity contribution in [3.8, 4) is 0 Å². The summed E-state index contributed by atoms with van der Waals surface area (Å²) in [6, 6.07) is 0. The molecule has 0 amide bonds. The summed E-state index contributed by atoms with van der Waals surface area (Å²) in [5.41, 5.74) is 0. The lowest BCUT2D eigenvalue weighted by atomic mass is 9.77. The van der Waals surface area contributed by atoms with Gasteiger partial charge in [0.25, 0.3) is 0 Å². The standard InChI is InChI=1S/C14H30/c1-7-8-9-13(6)14(12(4)5)10-11(2)3/h11-14H,7-10H2,1-6H3. The fraction of sp³-hybridized carbons (Fsp3) is 1.00. The fourth-order valence-corrected chi connectivity index (χ4v) is 2.45. The van der Waals surface area contributed by atoms with E-state index in [-0.39, 0.29) is 0 Å². The van der Waals surface area contributed by atoms with Crippen molar-refractivity contribution in [2.75, 3.05) is 0 Å². The van der Waals surface area contributed by atoms with E-state index in [1.807, 2.05) is 0 Å². The Balaban J connectivity index is 4.04. The summed E-state index contributed by atoms with van der Waals surface area (Å²) in [6.45, 7) is 14.2. The predicted octanol–water partition coefficient (Wildman–Crippen LogP) is 5.13. The summed E-state index contributed by atoms with van der Waals surface area (Å²) in [5.74, 6) is 3.55. The largest absolute Gasteiger partial charge is 0.0654 e. The number of unbranched alkanes of at least 4 members (excludes halogenated alkanes) is 1. The molecule has 0 saturated carbocycles. The molecule has 0 saturated heterocycles. The topological polar surface area (TPSA) is 0 Å². The highest BCUT2D eigenvalue weighted by Crippen LogP contribution is 2.30. The molecule has 0 aromatic rings. The first-order chi connectivity index (χ1) is 6.49. The van der Waals surface area contributed by atoms with Crippen LogP contribution in [0.5, 0.6) is 0 Å². The van der Waals surface area contributed by atoms with Crippen LogP contribution >= 0.6 is 0 Å². The highest BCUT2D eigenvalue weighted by molar-refractivity contribution is 4.71. The maximum atomic E-state index is 2.45. The van der Waals surface area contributed by atoms with E-state index in [4.69, 9.17) is 0 Å². The Morgan fingerprint density at radius 3 is 1.86 bits per heavy atom. The second kappa shape index (κ2) is 7.31. The zero-order valence-electron chi connectivity index (χ0n) is 11.1. The SMILES string of the molecule is CCCCC(C)C(CC(C)C)C(C)C. The van der Waals surface area contributed by atoms with E-state index in [1.54, 1.807) is 0 Å². The Labute approximate surface area is 91.5 Å². The molecule has 0 aromatic heterocycles. The predicted molar refractivity (Wildman–Crippen MR) is 66.5 cm³/mol. The van der Waals surface area contributed by atoms with Crippen molar-refractivity contribution in [1.29, 1.82) is 0 Å². The van der Waals surface area contributed by atoms with E-state index in [0.717, 1.165) is 23.7 Å². The Bertz CT molecular complexity index is 124. The van der Waals surface area contributed by atoms with Crippen molar-refractivity contribution in [2.24, 2.45) is 23.7 Å². The van der Waals surface area contributed by atoms with Crippen molar-refractivity contribution in [2.45, 2.75) is 67.2 Å². The average molecular weight is 198 g/mol. The highest BCUT2D eigenvalue weighted by atomic mass is 14.3. The molecule has 0 aliphatic carbocycles. The van der Waals surface area contributed by atoms with Crippen LogP contribution in [0.1, 0.15) is 67.2 Å². The molecule has 86 valence electrons. The van der Waals surface area contributed by atoms with Gasteiger partial charge in [0.1, 0.15) is 0 Å². The molecular formula is C14H30. The number of rotatable bonds is 7. The molecule has 0 aliphatic rings. The smallest absolute Gasteiger partial charge is 0.0363 e. The van der Waals surface area contributed by atoms with E-state index in [2.05, 4.69) is 41.5 Å². The first-order valence-electron chi connectivity index (χ1n) is 6.49. The van der Waals surface area contributed by atoms with E-state index >= 15 is 0 Å². The Morgan fingerprint density at radius 1 is 0.929 bits per heavy atom. The molecule has 0 spiro atoms. The molecule has 0 N–H and O–H groups in total. The molecule has 0 heteroatoms. The van der Waals surface area contributed by atoms with Crippen molar-refractivity contribution >= 4 is 0 Å². The van der Waals surface area contributed by atoms with Crippen LogP contribution in [0.4, 0.5) is 0 Å². The zero-order chi connectivity index (χ0) is 11.1. The van der Waals surface area contributed by atoms with Crippen LogP contribution in [0.25, 0.3) is 0 Å². The molecular weight excluding hydrogens is 168 g/mol. The Morgan fingerprint density at radius 2 is 1.50 bits per heavy atom. The van der Waals surface area contributed by atoms with E-state index in [0.29, 0.717) is 0 Å². The van der Waals surface area contributed by atoms with Gasteiger partial charge < -0.3 is 0 Å². The summed E-state index contributed by atoms with van der Waals surface area (Å²) in [4.78, 5) is 0. The maximum Gasteiger partial charge on any atom is -0.0363 e. The second-order valence-electron chi connectivity index (χ2n) is 5.66. The molecule has 0 radical (unpaired) electrons. The number of hydrogen-bond donors (Lipinski definition) is 0. The fourth-order valence-electron chi connectivity index (χ4n) is 2.45. The van der Waals surface area contributed by atoms with Gasteiger partial charge in [-0.25, -0.2) is 0 Å². The van der Waals surface area contributed by atoms with Crippen molar-refractivity contribution in [1.82, 2.24) is 0 Å². The second-order valence-corrected chi connectivity index (χ2v) is 5.66. The molecule has 0 aliphatic heterocycles. The molecule has 14 heavy (non-hydrogen) atoms. The first kappa shape index (κ1) is 14.0. The quantitative estimate of drug-likeness (QED) is 0.532. The van der Waals surface area contributed by atoms with Crippen molar-refractivity contribution in [3.05, 3.63) is 0 Å². The molecule has 0 aromatic carbocycles. The summed E-state index contributed by atoms with van der Waals surface area (Å²) in [6.07, 6.45) is 5.58. The van der Waals surface area contributed by atoms with Crippen LogP contribution in [0, 0.1) is 23.7 Å². The lowest BCUT2D eigenvalue weighted by Crippen LogP contribution is -2.20. The van der Waals surface area contributed by atoms with Gasteiger partial charge >= 0.3 is 0 Å². The normalized spacial score (nSPS) is 16.3. The van der Waals surface area contributed by atoms with Crippen molar-refractivity contribution < 1.29 is 0 Å². The minimum absolute atomic E-state index is 0.851. The van der Waals surface area contributed by atoms with Crippen LogP contribution in [-0.2, 0) is 0 Å². The summed E-state index contributed by atoms with van der Waals surface area (Å²) >= 11 is 0. The molecule has 2 unspecified atom stereocenters.